The van der Waals surface area contributed by atoms with E-state index in [4.69, 9.17) is 5.73 Å². The van der Waals surface area contributed by atoms with Crippen LogP contribution in [0.15, 0.2) is 23.8 Å². The summed E-state index contributed by atoms with van der Waals surface area (Å²) in [4.78, 5) is 0. The van der Waals surface area contributed by atoms with Gasteiger partial charge in [-0.3, -0.25) is 0 Å². The molecule has 0 saturated heterocycles. The Bertz CT molecular complexity index is 134. The number of hydrogen-bond acceptors (Lipinski definition) is 1. The molecule has 1 heteroatoms. The molecule has 0 aromatic heterocycles. The summed E-state index contributed by atoms with van der Waals surface area (Å²) in [6.07, 6.45) is 4.34. The first kappa shape index (κ1) is 9.44. The number of rotatable bonds is 4. The molecular weight excluding hydrogens is 122 g/mol. The van der Waals surface area contributed by atoms with E-state index in [9.17, 15) is 0 Å². The lowest BCUT2D eigenvalue weighted by molar-refractivity contribution is 0.962. The van der Waals surface area contributed by atoms with Gasteiger partial charge in [-0.05, 0) is 26.7 Å². The Morgan fingerprint density at radius 3 is 2.50 bits per heavy atom. The van der Waals surface area contributed by atoms with Gasteiger partial charge < -0.3 is 5.73 Å². The molecule has 0 spiro atoms. The van der Waals surface area contributed by atoms with Crippen molar-refractivity contribution < 1.29 is 0 Å². The standard InChI is InChI=1S/C9H17N/c1-8(2)5-4-6-9(3)7-10/h6H,1,4-5,7,10H2,2-3H3/b9-6+. The van der Waals surface area contributed by atoms with Crippen LogP contribution in [0, 0.1) is 0 Å². The van der Waals surface area contributed by atoms with Crippen LogP contribution in [0.25, 0.3) is 0 Å². The Kier molecular flexibility index (Phi) is 4.95. The molecule has 0 bridgehead atoms. The average Bonchev–Trinajstić information content (AvgIpc) is 1.87. The molecular formula is C9H17N. The molecule has 0 saturated carbocycles. The highest BCUT2D eigenvalue weighted by Gasteiger charge is 1.85. The van der Waals surface area contributed by atoms with Crippen molar-refractivity contribution in [2.45, 2.75) is 26.7 Å². The highest BCUT2D eigenvalue weighted by molar-refractivity contribution is 5.01. The second-order valence-corrected chi connectivity index (χ2v) is 2.75. The largest absolute Gasteiger partial charge is 0.327 e. The van der Waals surface area contributed by atoms with E-state index in [1.54, 1.807) is 0 Å². The molecule has 0 unspecified atom stereocenters. The molecule has 0 atom stereocenters. The van der Waals surface area contributed by atoms with Gasteiger partial charge in [0.15, 0.2) is 0 Å². The second-order valence-electron chi connectivity index (χ2n) is 2.75. The topological polar surface area (TPSA) is 26.0 Å². The maximum atomic E-state index is 5.40. The summed E-state index contributed by atoms with van der Waals surface area (Å²) < 4.78 is 0. The normalized spacial score (nSPS) is 11.7. The fraction of sp³-hybridized carbons (Fsp3) is 0.556. The number of allylic oxidation sites excluding steroid dienone is 2. The van der Waals surface area contributed by atoms with Gasteiger partial charge in [-0.25, -0.2) is 0 Å². The summed E-state index contributed by atoms with van der Waals surface area (Å²) in [6.45, 7) is 8.60. The van der Waals surface area contributed by atoms with Crippen LogP contribution in [-0.4, -0.2) is 6.54 Å². The third-order valence-electron chi connectivity index (χ3n) is 1.39. The zero-order valence-electron chi connectivity index (χ0n) is 6.98. The fourth-order valence-electron chi connectivity index (χ4n) is 0.648. The predicted molar refractivity (Wildman–Crippen MR) is 46.9 cm³/mol. The van der Waals surface area contributed by atoms with E-state index in [1.165, 1.54) is 11.1 Å². The van der Waals surface area contributed by atoms with Gasteiger partial charge in [-0.2, -0.15) is 0 Å². The van der Waals surface area contributed by atoms with E-state index in [0.29, 0.717) is 6.54 Å². The van der Waals surface area contributed by atoms with Crippen LogP contribution in [0.5, 0.6) is 0 Å². The Labute approximate surface area is 63.6 Å². The molecule has 0 aromatic carbocycles. The fourth-order valence-corrected chi connectivity index (χ4v) is 0.648. The lowest BCUT2D eigenvalue weighted by Crippen LogP contribution is -1.99. The maximum absolute atomic E-state index is 5.40. The van der Waals surface area contributed by atoms with E-state index in [0.717, 1.165) is 12.8 Å². The Morgan fingerprint density at radius 1 is 1.50 bits per heavy atom. The SMILES string of the molecule is C=C(C)CC/C=C(\C)CN. The van der Waals surface area contributed by atoms with Gasteiger partial charge >= 0.3 is 0 Å². The van der Waals surface area contributed by atoms with E-state index >= 15 is 0 Å². The Morgan fingerprint density at radius 2 is 2.10 bits per heavy atom. The zero-order valence-corrected chi connectivity index (χ0v) is 6.98. The predicted octanol–water partition coefficient (Wildman–Crippen LogP) is 2.25. The lowest BCUT2D eigenvalue weighted by Gasteiger charge is -1.95. The van der Waals surface area contributed by atoms with Gasteiger partial charge in [0.05, 0.1) is 0 Å². The van der Waals surface area contributed by atoms with Crippen LogP contribution >= 0.6 is 0 Å². The van der Waals surface area contributed by atoms with Crippen molar-refractivity contribution in [3.63, 3.8) is 0 Å². The summed E-state index contributed by atoms with van der Waals surface area (Å²) in [5.41, 5.74) is 7.90. The van der Waals surface area contributed by atoms with Crippen molar-refractivity contribution >= 4 is 0 Å². The van der Waals surface area contributed by atoms with Gasteiger partial charge in [0, 0.05) is 6.54 Å². The van der Waals surface area contributed by atoms with Crippen molar-refractivity contribution in [1.82, 2.24) is 0 Å². The van der Waals surface area contributed by atoms with E-state index < -0.39 is 0 Å². The van der Waals surface area contributed by atoms with Gasteiger partial charge in [-0.1, -0.05) is 17.2 Å². The molecule has 0 heterocycles. The molecule has 0 amide bonds. The van der Waals surface area contributed by atoms with E-state index in [2.05, 4.69) is 19.6 Å². The third-order valence-corrected chi connectivity index (χ3v) is 1.39. The molecule has 0 aliphatic heterocycles. The van der Waals surface area contributed by atoms with Gasteiger partial charge in [-0.15, -0.1) is 6.58 Å². The minimum Gasteiger partial charge on any atom is -0.327 e. The van der Waals surface area contributed by atoms with Crippen molar-refractivity contribution in [2.24, 2.45) is 5.73 Å². The molecule has 0 radical (unpaired) electrons. The lowest BCUT2D eigenvalue weighted by atomic mass is 10.1. The smallest absolute Gasteiger partial charge is 0.0134 e. The summed E-state index contributed by atoms with van der Waals surface area (Å²) in [5, 5.41) is 0. The van der Waals surface area contributed by atoms with E-state index in [-0.39, 0.29) is 0 Å². The molecule has 10 heavy (non-hydrogen) atoms. The molecule has 2 N–H and O–H groups in total. The first-order valence-corrected chi connectivity index (χ1v) is 3.67. The average molecular weight is 139 g/mol. The Balaban J connectivity index is 3.43. The maximum Gasteiger partial charge on any atom is 0.0134 e. The van der Waals surface area contributed by atoms with Crippen LogP contribution in [0.1, 0.15) is 26.7 Å². The summed E-state index contributed by atoms with van der Waals surface area (Å²) in [5.74, 6) is 0. The highest BCUT2D eigenvalue weighted by Crippen LogP contribution is 2.02. The van der Waals surface area contributed by atoms with Gasteiger partial charge in [0.1, 0.15) is 0 Å². The van der Waals surface area contributed by atoms with Crippen LogP contribution in [0.3, 0.4) is 0 Å². The molecule has 0 rings (SSSR count). The first-order valence-electron chi connectivity index (χ1n) is 3.67. The van der Waals surface area contributed by atoms with Crippen molar-refractivity contribution in [3.05, 3.63) is 23.8 Å². The highest BCUT2D eigenvalue weighted by atomic mass is 14.5. The Hall–Kier alpha value is -0.560. The van der Waals surface area contributed by atoms with Crippen molar-refractivity contribution in [2.75, 3.05) is 6.54 Å². The third kappa shape index (κ3) is 5.57. The zero-order chi connectivity index (χ0) is 7.98. The molecule has 0 aliphatic carbocycles. The first-order chi connectivity index (χ1) is 4.66. The molecule has 0 aromatic rings. The van der Waals surface area contributed by atoms with E-state index in [1.807, 2.05) is 6.92 Å². The summed E-state index contributed by atoms with van der Waals surface area (Å²) in [6, 6.07) is 0. The number of hydrogen-bond donors (Lipinski definition) is 1. The van der Waals surface area contributed by atoms with Gasteiger partial charge in [0.2, 0.25) is 0 Å². The van der Waals surface area contributed by atoms with Crippen LogP contribution in [0.2, 0.25) is 0 Å². The number of nitrogens with two attached hydrogens (primary N) is 1. The molecule has 0 aliphatic rings. The minimum absolute atomic E-state index is 0.677. The minimum atomic E-state index is 0.677. The van der Waals surface area contributed by atoms with Crippen molar-refractivity contribution in [1.29, 1.82) is 0 Å². The molecule has 0 fully saturated rings. The monoisotopic (exact) mass is 139 g/mol. The van der Waals surface area contributed by atoms with Gasteiger partial charge in [0.25, 0.3) is 0 Å². The van der Waals surface area contributed by atoms with Crippen LogP contribution < -0.4 is 5.73 Å². The quantitative estimate of drug-likeness (QED) is 0.594. The summed E-state index contributed by atoms with van der Waals surface area (Å²) >= 11 is 0. The van der Waals surface area contributed by atoms with Crippen LogP contribution in [-0.2, 0) is 0 Å². The summed E-state index contributed by atoms with van der Waals surface area (Å²) in [7, 11) is 0. The second kappa shape index (κ2) is 5.24. The van der Waals surface area contributed by atoms with Crippen LogP contribution in [0.4, 0.5) is 0 Å². The molecule has 1 nitrogen and oxygen atoms in total. The molecule has 58 valence electrons. The van der Waals surface area contributed by atoms with Crippen molar-refractivity contribution in [3.8, 4) is 0 Å².